The Balaban J connectivity index is 1.85. The summed E-state index contributed by atoms with van der Waals surface area (Å²) in [7, 11) is 0. The number of alkyl halides is 3. The first-order valence-electron chi connectivity index (χ1n) is 6.95. The molecular weight excluding hydrogens is 325 g/mol. The number of anilines is 2. The first-order chi connectivity index (χ1) is 11.4. The number of carbonyl (C=O) groups is 1. The summed E-state index contributed by atoms with van der Waals surface area (Å²) in [5.41, 5.74) is 1.73. The average molecular weight is 340 g/mol. The Morgan fingerprint density at radius 2 is 1.79 bits per heavy atom. The summed E-state index contributed by atoms with van der Waals surface area (Å²) in [6.07, 6.45) is -4.75. The molecule has 0 saturated carbocycles. The van der Waals surface area contributed by atoms with Crippen molar-refractivity contribution in [1.29, 1.82) is 0 Å². The van der Waals surface area contributed by atoms with Crippen LogP contribution in [0.25, 0.3) is 0 Å². The van der Waals surface area contributed by atoms with Crippen molar-refractivity contribution in [3.63, 3.8) is 0 Å². The molecule has 5 nitrogen and oxygen atoms in total. The number of aliphatic hydroxyl groups excluding tert-OH is 1. The third kappa shape index (κ3) is 5.81. The molecule has 0 bridgehead atoms. The molecule has 0 saturated heterocycles. The molecule has 2 rings (SSSR count). The molecule has 2 aromatic rings. The van der Waals surface area contributed by atoms with Crippen LogP contribution in [0, 0.1) is 0 Å². The van der Waals surface area contributed by atoms with E-state index in [0.717, 1.165) is 12.1 Å². The summed E-state index contributed by atoms with van der Waals surface area (Å²) in [6, 6.07) is 11.8. The highest BCUT2D eigenvalue weighted by Gasteiger charge is 2.30. The van der Waals surface area contributed by atoms with E-state index in [0.29, 0.717) is 16.9 Å². The average Bonchev–Trinajstić information content (AvgIpc) is 2.54. The van der Waals surface area contributed by atoms with E-state index in [4.69, 9.17) is 5.11 Å². The van der Waals surface area contributed by atoms with Gasteiger partial charge in [-0.05, 0) is 42.0 Å². The molecular formula is C16H15F3N2O3. The van der Waals surface area contributed by atoms with Gasteiger partial charge in [0.2, 0.25) is 5.91 Å². The minimum atomic E-state index is -4.75. The van der Waals surface area contributed by atoms with Gasteiger partial charge in [-0.15, -0.1) is 13.2 Å². The molecule has 3 N–H and O–H groups in total. The van der Waals surface area contributed by atoms with Gasteiger partial charge in [-0.25, -0.2) is 0 Å². The Labute approximate surface area is 136 Å². The summed E-state index contributed by atoms with van der Waals surface area (Å²) in [5, 5.41) is 14.5. The summed E-state index contributed by atoms with van der Waals surface area (Å²) < 4.78 is 39.9. The standard InChI is InChI=1S/C16H15F3N2O3/c17-16(18,19)24-14-6-4-12(5-7-14)21-15(23)9-20-13-3-1-2-11(8-13)10-22/h1-8,20,22H,9-10H2,(H,21,23). The quantitative estimate of drug-likeness (QED) is 0.756. The SMILES string of the molecule is O=C(CNc1cccc(CO)c1)Nc1ccc(OC(F)(F)F)cc1. The molecule has 0 aromatic heterocycles. The van der Waals surface area contributed by atoms with Crippen molar-refractivity contribution in [3.05, 3.63) is 54.1 Å². The van der Waals surface area contributed by atoms with Crippen LogP contribution in [-0.2, 0) is 11.4 Å². The van der Waals surface area contributed by atoms with E-state index in [2.05, 4.69) is 15.4 Å². The zero-order valence-corrected chi connectivity index (χ0v) is 12.4. The lowest BCUT2D eigenvalue weighted by atomic mass is 10.2. The number of benzene rings is 2. The van der Waals surface area contributed by atoms with E-state index >= 15 is 0 Å². The summed E-state index contributed by atoms with van der Waals surface area (Å²) >= 11 is 0. The fraction of sp³-hybridized carbons (Fsp3) is 0.188. The number of halogens is 3. The van der Waals surface area contributed by atoms with Gasteiger partial charge in [-0.2, -0.15) is 0 Å². The highest BCUT2D eigenvalue weighted by molar-refractivity contribution is 5.93. The molecule has 128 valence electrons. The van der Waals surface area contributed by atoms with Gasteiger partial charge in [0.25, 0.3) is 0 Å². The normalized spacial score (nSPS) is 11.0. The predicted molar refractivity (Wildman–Crippen MR) is 82.6 cm³/mol. The van der Waals surface area contributed by atoms with E-state index in [1.807, 2.05) is 0 Å². The lowest BCUT2D eigenvalue weighted by Crippen LogP contribution is -2.21. The van der Waals surface area contributed by atoms with Crippen LogP contribution >= 0.6 is 0 Å². The first kappa shape index (κ1) is 17.6. The van der Waals surface area contributed by atoms with E-state index in [1.165, 1.54) is 12.1 Å². The maximum absolute atomic E-state index is 12.1. The van der Waals surface area contributed by atoms with Crippen molar-refractivity contribution in [3.8, 4) is 5.75 Å². The highest BCUT2D eigenvalue weighted by Crippen LogP contribution is 2.23. The van der Waals surface area contributed by atoms with E-state index in [9.17, 15) is 18.0 Å². The van der Waals surface area contributed by atoms with Gasteiger partial charge in [-0.1, -0.05) is 12.1 Å². The first-order valence-corrected chi connectivity index (χ1v) is 6.95. The van der Waals surface area contributed by atoms with Crippen LogP contribution in [-0.4, -0.2) is 23.9 Å². The van der Waals surface area contributed by atoms with Crippen LogP contribution in [0.2, 0.25) is 0 Å². The van der Waals surface area contributed by atoms with E-state index in [1.54, 1.807) is 24.3 Å². The summed E-state index contributed by atoms with van der Waals surface area (Å²) in [6.45, 7) is -0.135. The molecule has 0 aliphatic carbocycles. The Bertz CT molecular complexity index is 688. The monoisotopic (exact) mass is 340 g/mol. The molecule has 8 heteroatoms. The summed E-state index contributed by atoms with van der Waals surface area (Å²) in [5.74, 6) is -0.728. The fourth-order valence-corrected chi connectivity index (χ4v) is 1.91. The maximum Gasteiger partial charge on any atom is 0.573 e. The number of nitrogens with one attached hydrogen (secondary N) is 2. The van der Waals surface area contributed by atoms with Crippen LogP contribution in [0.1, 0.15) is 5.56 Å². The van der Waals surface area contributed by atoms with Crippen LogP contribution in [0.15, 0.2) is 48.5 Å². The molecule has 0 unspecified atom stereocenters. The van der Waals surface area contributed by atoms with Gasteiger partial charge in [-0.3, -0.25) is 4.79 Å². The second kappa shape index (κ2) is 7.69. The van der Waals surface area contributed by atoms with Gasteiger partial charge >= 0.3 is 6.36 Å². The number of carbonyl (C=O) groups excluding carboxylic acids is 1. The Hall–Kier alpha value is -2.74. The predicted octanol–water partition coefficient (Wildman–Crippen LogP) is 3.13. The van der Waals surface area contributed by atoms with Crippen molar-refractivity contribution in [1.82, 2.24) is 0 Å². The number of hydrogen-bond donors (Lipinski definition) is 3. The van der Waals surface area contributed by atoms with Gasteiger partial charge in [0.1, 0.15) is 5.75 Å². The minimum Gasteiger partial charge on any atom is -0.406 e. The van der Waals surface area contributed by atoms with E-state index < -0.39 is 6.36 Å². The molecule has 0 radical (unpaired) electrons. The van der Waals surface area contributed by atoms with Crippen molar-refractivity contribution < 1.29 is 27.8 Å². The lowest BCUT2D eigenvalue weighted by Gasteiger charge is -2.11. The molecule has 0 aliphatic heterocycles. The number of rotatable bonds is 6. The van der Waals surface area contributed by atoms with Gasteiger partial charge in [0.15, 0.2) is 0 Å². The molecule has 0 aliphatic rings. The molecule has 2 aromatic carbocycles. The number of aliphatic hydroxyl groups is 1. The zero-order chi connectivity index (χ0) is 17.6. The Morgan fingerprint density at radius 3 is 2.42 bits per heavy atom. The van der Waals surface area contributed by atoms with Crippen molar-refractivity contribution in [2.24, 2.45) is 0 Å². The maximum atomic E-state index is 12.1. The molecule has 24 heavy (non-hydrogen) atoms. The second-order valence-electron chi connectivity index (χ2n) is 4.83. The van der Waals surface area contributed by atoms with Gasteiger partial charge < -0.3 is 20.5 Å². The largest absolute Gasteiger partial charge is 0.573 e. The number of ether oxygens (including phenoxy) is 1. The topological polar surface area (TPSA) is 70.6 Å². The second-order valence-corrected chi connectivity index (χ2v) is 4.83. The van der Waals surface area contributed by atoms with Crippen molar-refractivity contribution in [2.75, 3.05) is 17.2 Å². The molecule has 0 spiro atoms. The third-order valence-electron chi connectivity index (χ3n) is 2.93. The van der Waals surface area contributed by atoms with Crippen molar-refractivity contribution in [2.45, 2.75) is 13.0 Å². The van der Waals surface area contributed by atoms with Crippen LogP contribution < -0.4 is 15.4 Å². The molecule has 1 amide bonds. The molecule has 0 fully saturated rings. The van der Waals surface area contributed by atoms with Crippen LogP contribution in [0.4, 0.5) is 24.5 Å². The smallest absolute Gasteiger partial charge is 0.406 e. The number of amides is 1. The van der Waals surface area contributed by atoms with E-state index in [-0.39, 0.29) is 24.8 Å². The fourth-order valence-electron chi connectivity index (χ4n) is 1.91. The van der Waals surface area contributed by atoms with Gasteiger partial charge in [0.05, 0.1) is 13.2 Å². The van der Waals surface area contributed by atoms with Crippen LogP contribution in [0.3, 0.4) is 0 Å². The Kier molecular flexibility index (Phi) is 5.64. The zero-order valence-electron chi connectivity index (χ0n) is 12.4. The lowest BCUT2D eigenvalue weighted by molar-refractivity contribution is -0.274. The molecule has 0 heterocycles. The Morgan fingerprint density at radius 1 is 1.08 bits per heavy atom. The van der Waals surface area contributed by atoms with Crippen LogP contribution in [0.5, 0.6) is 5.75 Å². The minimum absolute atomic E-state index is 0.0321. The number of hydrogen-bond acceptors (Lipinski definition) is 4. The molecule has 0 atom stereocenters. The van der Waals surface area contributed by atoms with Crippen molar-refractivity contribution >= 4 is 17.3 Å². The third-order valence-corrected chi connectivity index (χ3v) is 2.93. The van der Waals surface area contributed by atoms with Gasteiger partial charge in [0, 0.05) is 11.4 Å². The summed E-state index contributed by atoms with van der Waals surface area (Å²) in [4.78, 5) is 11.8. The highest BCUT2D eigenvalue weighted by atomic mass is 19.4.